The summed E-state index contributed by atoms with van der Waals surface area (Å²) >= 11 is 1.37. The molecule has 0 bridgehead atoms. The third-order valence-electron chi connectivity index (χ3n) is 2.99. The molecule has 0 aromatic carbocycles. The molecule has 1 heterocycles. The van der Waals surface area contributed by atoms with E-state index in [1.165, 1.54) is 11.3 Å². The lowest BCUT2D eigenvalue weighted by atomic mass is 10.1. The molecule has 112 valence electrons. The average Bonchev–Trinajstić information content (AvgIpc) is 2.93. The van der Waals surface area contributed by atoms with Crippen LogP contribution >= 0.6 is 11.3 Å². The minimum Gasteiger partial charge on any atom is -0.334 e. The van der Waals surface area contributed by atoms with Crippen molar-refractivity contribution in [3.63, 3.8) is 0 Å². The van der Waals surface area contributed by atoms with E-state index < -0.39 is 0 Å². The summed E-state index contributed by atoms with van der Waals surface area (Å²) in [5.74, 6) is -0.137. The molecule has 0 unspecified atom stereocenters. The Morgan fingerprint density at radius 2 is 2.10 bits per heavy atom. The molecule has 1 aromatic rings. The van der Waals surface area contributed by atoms with Gasteiger partial charge in [-0.3, -0.25) is 9.59 Å². The molecule has 1 N–H and O–H groups in total. The molecular weight excluding hydrogens is 274 g/mol. The number of aromatic nitrogens is 1. The molecule has 5 nitrogen and oxygen atoms in total. The quantitative estimate of drug-likeness (QED) is 0.713. The summed E-state index contributed by atoms with van der Waals surface area (Å²) in [7, 11) is 0. The van der Waals surface area contributed by atoms with E-state index in [1.54, 1.807) is 16.5 Å². The van der Waals surface area contributed by atoms with Crippen LogP contribution in [-0.2, 0) is 9.59 Å². The van der Waals surface area contributed by atoms with E-state index in [2.05, 4.69) is 17.2 Å². The number of likely N-dealkylation sites (N-methyl/N-ethyl adjacent to an activating group) is 1. The fourth-order valence-electron chi connectivity index (χ4n) is 1.85. The molecule has 0 fully saturated rings. The number of rotatable bonds is 9. The van der Waals surface area contributed by atoms with Crippen molar-refractivity contribution in [2.75, 3.05) is 18.4 Å². The smallest absolute Gasteiger partial charge is 0.245 e. The second-order valence-electron chi connectivity index (χ2n) is 4.60. The minimum atomic E-state index is -0.191. The van der Waals surface area contributed by atoms with E-state index in [0.29, 0.717) is 18.1 Å². The Morgan fingerprint density at radius 1 is 1.30 bits per heavy atom. The van der Waals surface area contributed by atoms with E-state index >= 15 is 0 Å². The summed E-state index contributed by atoms with van der Waals surface area (Å²) in [6, 6.07) is 0. The predicted octanol–water partition coefficient (Wildman–Crippen LogP) is 2.90. The summed E-state index contributed by atoms with van der Waals surface area (Å²) in [4.78, 5) is 29.4. The Hall–Kier alpha value is -1.43. The van der Waals surface area contributed by atoms with Gasteiger partial charge < -0.3 is 10.2 Å². The number of nitrogens with one attached hydrogen (secondary N) is 1. The van der Waals surface area contributed by atoms with E-state index in [1.807, 2.05) is 6.92 Å². The number of hydrogen-bond donors (Lipinski definition) is 1. The normalized spacial score (nSPS) is 10.3. The van der Waals surface area contributed by atoms with E-state index in [-0.39, 0.29) is 18.4 Å². The molecule has 0 aliphatic carbocycles. The molecule has 1 aromatic heterocycles. The summed E-state index contributed by atoms with van der Waals surface area (Å²) in [5, 5.41) is 5.06. The van der Waals surface area contributed by atoms with Gasteiger partial charge in [-0.2, -0.15) is 0 Å². The zero-order valence-electron chi connectivity index (χ0n) is 12.2. The molecule has 0 saturated heterocycles. The van der Waals surface area contributed by atoms with Gasteiger partial charge in [0.05, 0.1) is 6.54 Å². The number of thiazole rings is 1. The van der Waals surface area contributed by atoms with Crippen LogP contribution in [0.3, 0.4) is 0 Å². The van der Waals surface area contributed by atoms with Gasteiger partial charge >= 0.3 is 0 Å². The lowest BCUT2D eigenvalue weighted by Crippen LogP contribution is -2.37. The SMILES string of the molecule is CCCCCCC(=O)N(CC)CC(=O)Nc1nccs1. The molecule has 0 spiro atoms. The maximum atomic E-state index is 12.0. The molecule has 0 radical (unpaired) electrons. The Balaban J connectivity index is 2.33. The van der Waals surface area contributed by atoms with Gasteiger partial charge in [0.25, 0.3) is 0 Å². The monoisotopic (exact) mass is 297 g/mol. The van der Waals surface area contributed by atoms with Crippen molar-refractivity contribution in [2.45, 2.75) is 46.0 Å². The summed E-state index contributed by atoms with van der Waals surface area (Å²) in [6.45, 7) is 4.68. The fourth-order valence-corrected chi connectivity index (χ4v) is 2.40. The van der Waals surface area contributed by atoms with Gasteiger partial charge in [0.1, 0.15) is 0 Å². The largest absolute Gasteiger partial charge is 0.334 e. The molecule has 0 atom stereocenters. The number of carbonyl (C=O) groups excluding carboxylic acids is 2. The first-order chi connectivity index (χ1) is 9.67. The standard InChI is InChI=1S/C14H23N3O2S/c1-3-5-6-7-8-13(19)17(4-2)11-12(18)16-14-15-9-10-20-14/h9-10H,3-8,11H2,1-2H3,(H,15,16,18). The van der Waals surface area contributed by atoms with Gasteiger partial charge in [-0.15, -0.1) is 11.3 Å². The van der Waals surface area contributed by atoms with Crippen LogP contribution in [0.15, 0.2) is 11.6 Å². The van der Waals surface area contributed by atoms with Crippen molar-refractivity contribution < 1.29 is 9.59 Å². The number of nitrogens with zero attached hydrogens (tertiary/aromatic N) is 2. The van der Waals surface area contributed by atoms with Crippen LogP contribution in [0, 0.1) is 0 Å². The van der Waals surface area contributed by atoms with Crippen LogP contribution in [-0.4, -0.2) is 34.8 Å². The van der Waals surface area contributed by atoms with Crippen molar-refractivity contribution in [1.82, 2.24) is 9.88 Å². The third-order valence-corrected chi connectivity index (χ3v) is 3.68. The molecule has 0 aliphatic heterocycles. The van der Waals surface area contributed by atoms with Gasteiger partial charge in [0.15, 0.2) is 5.13 Å². The molecule has 2 amide bonds. The third kappa shape index (κ3) is 6.14. The van der Waals surface area contributed by atoms with Gasteiger partial charge in [-0.05, 0) is 13.3 Å². The van der Waals surface area contributed by atoms with Crippen molar-refractivity contribution in [1.29, 1.82) is 0 Å². The lowest BCUT2D eigenvalue weighted by molar-refractivity contribution is -0.134. The van der Waals surface area contributed by atoms with Crippen LogP contribution in [0.4, 0.5) is 5.13 Å². The van der Waals surface area contributed by atoms with Gasteiger partial charge in [-0.1, -0.05) is 26.2 Å². The van der Waals surface area contributed by atoms with E-state index in [9.17, 15) is 9.59 Å². The Bertz CT molecular complexity index is 407. The molecular formula is C14H23N3O2S. The summed E-state index contributed by atoms with van der Waals surface area (Å²) in [5.41, 5.74) is 0. The van der Waals surface area contributed by atoms with Gasteiger partial charge in [0.2, 0.25) is 11.8 Å². The molecule has 20 heavy (non-hydrogen) atoms. The predicted molar refractivity (Wildman–Crippen MR) is 81.8 cm³/mol. The highest BCUT2D eigenvalue weighted by molar-refractivity contribution is 7.13. The number of amides is 2. The van der Waals surface area contributed by atoms with Crippen molar-refractivity contribution in [3.05, 3.63) is 11.6 Å². The van der Waals surface area contributed by atoms with Crippen LogP contribution < -0.4 is 5.32 Å². The maximum Gasteiger partial charge on any atom is 0.245 e. The Labute approximate surface area is 124 Å². The summed E-state index contributed by atoms with van der Waals surface area (Å²) in [6.07, 6.45) is 6.45. The number of carbonyl (C=O) groups is 2. The number of anilines is 1. The van der Waals surface area contributed by atoms with Crippen molar-refractivity contribution >= 4 is 28.3 Å². The lowest BCUT2D eigenvalue weighted by Gasteiger charge is -2.20. The summed E-state index contributed by atoms with van der Waals surface area (Å²) < 4.78 is 0. The average molecular weight is 297 g/mol. The Morgan fingerprint density at radius 3 is 2.70 bits per heavy atom. The van der Waals surface area contributed by atoms with Crippen molar-refractivity contribution in [2.24, 2.45) is 0 Å². The molecule has 0 aliphatic rings. The first-order valence-electron chi connectivity index (χ1n) is 7.14. The van der Waals surface area contributed by atoms with Crippen LogP contribution in [0.1, 0.15) is 46.0 Å². The van der Waals surface area contributed by atoms with Gasteiger partial charge in [0, 0.05) is 24.5 Å². The fraction of sp³-hybridized carbons (Fsp3) is 0.643. The van der Waals surface area contributed by atoms with Crippen molar-refractivity contribution in [3.8, 4) is 0 Å². The van der Waals surface area contributed by atoms with Gasteiger partial charge in [-0.25, -0.2) is 4.98 Å². The second-order valence-corrected chi connectivity index (χ2v) is 5.50. The molecule has 0 saturated carbocycles. The maximum absolute atomic E-state index is 12.0. The van der Waals surface area contributed by atoms with Crippen LogP contribution in [0.5, 0.6) is 0 Å². The zero-order valence-corrected chi connectivity index (χ0v) is 13.0. The number of hydrogen-bond acceptors (Lipinski definition) is 4. The van der Waals surface area contributed by atoms with E-state index in [0.717, 1.165) is 25.7 Å². The van der Waals surface area contributed by atoms with E-state index in [4.69, 9.17) is 0 Å². The first-order valence-corrected chi connectivity index (χ1v) is 8.02. The Kier molecular flexibility index (Phi) is 7.87. The van der Waals surface area contributed by atoms with Crippen LogP contribution in [0.2, 0.25) is 0 Å². The highest BCUT2D eigenvalue weighted by Gasteiger charge is 2.15. The highest BCUT2D eigenvalue weighted by atomic mass is 32.1. The highest BCUT2D eigenvalue weighted by Crippen LogP contribution is 2.10. The second kappa shape index (κ2) is 9.47. The molecule has 6 heteroatoms. The number of unbranched alkanes of at least 4 members (excludes halogenated alkanes) is 3. The molecule has 1 rings (SSSR count). The minimum absolute atomic E-state index is 0.0536. The topological polar surface area (TPSA) is 62.3 Å². The zero-order chi connectivity index (χ0) is 14.8. The first kappa shape index (κ1) is 16.6. The van der Waals surface area contributed by atoms with Crippen LogP contribution in [0.25, 0.3) is 0 Å².